The van der Waals surface area contributed by atoms with Gasteiger partial charge in [0.15, 0.2) is 11.5 Å². The maximum Gasteiger partial charge on any atom is 0.254 e. The second kappa shape index (κ2) is 7.90. The minimum absolute atomic E-state index is 0.0783. The second-order valence-electron chi connectivity index (χ2n) is 7.63. The molecule has 4 atom stereocenters. The predicted molar refractivity (Wildman–Crippen MR) is 103 cm³/mol. The lowest BCUT2D eigenvalue weighted by atomic mass is 9.77. The first-order chi connectivity index (χ1) is 14.0. The van der Waals surface area contributed by atoms with E-state index < -0.39 is 6.10 Å². The molecule has 29 heavy (non-hydrogen) atoms. The summed E-state index contributed by atoms with van der Waals surface area (Å²) in [7, 11) is 4.59. The highest BCUT2D eigenvalue weighted by atomic mass is 16.5. The zero-order valence-electron chi connectivity index (χ0n) is 16.8. The van der Waals surface area contributed by atoms with Crippen molar-refractivity contribution in [1.29, 1.82) is 0 Å². The van der Waals surface area contributed by atoms with Crippen LogP contribution in [0.4, 0.5) is 0 Å². The maximum atomic E-state index is 13.2. The van der Waals surface area contributed by atoms with Gasteiger partial charge in [-0.15, -0.1) is 0 Å². The van der Waals surface area contributed by atoms with E-state index in [9.17, 15) is 9.90 Å². The number of likely N-dealkylation sites (tertiary alicyclic amines) is 1. The molecule has 1 aromatic carbocycles. The molecule has 0 spiro atoms. The number of ether oxygens (including phenoxy) is 3. The van der Waals surface area contributed by atoms with Gasteiger partial charge in [-0.25, -0.2) is 9.67 Å². The molecule has 2 fully saturated rings. The number of aromatic nitrogens is 3. The third kappa shape index (κ3) is 3.50. The van der Waals surface area contributed by atoms with Gasteiger partial charge in [0.1, 0.15) is 12.7 Å². The standard InChI is InChI=1S/C20H26N4O5/c1-27-17-6-12(7-18(28-2)19(17)29-3)20(26)23-8-13-4-15(24-11-21-10-22-24)16(25)5-14(13)9-23/h6-7,10-11,13-16,25H,4-5,8-9H2,1-3H3/t13-,14+,15-,16-/m1/s1. The molecule has 1 saturated heterocycles. The Morgan fingerprint density at radius 1 is 1.07 bits per heavy atom. The molecule has 1 N–H and O–H groups in total. The van der Waals surface area contributed by atoms with Crippen LogP contribution in [0.2, 0.25) is 0 Å². The Morgan fingerprint density at radius 2 is 1.72 bits per heavy atom. The number of carbonyl (C=O) groups excluding carboxylic acids is 1. The SMILES string of the molecule is COc1cc(C(=O)N2C[C@H]3C[C@@H](n4cncn4)[C@H](O)C[C@H]3C2)cc(OC)c1OC. The molecule has 1 aromatic heterocycles. The summed E-state index contributed by atoms with van der Waals surface area (Å²) in [5, 5.41) is 14.8. The van der Waals surface area contributed by atoms with E-state index in [1.165, 1.54) is 27.7 Å². The molecule has 1 amide bonds. The molecule has 9 nitrogen and oxygen atoms in total. The largest absolute Gasteiger partial charge is 0.493 e. The minimum Gasteiger partial charge on any atom is -0.493 e. The fourth-order valence-corrected chi connectivity index (χ4v) is 4.63. The maximum absolute atomic E-state index is 13.2. The van der Waals surface area contributed by atoms with Crippen LogP contribution in [-0.2, 0) is 0 Å². The third-order valence-corrected chi connectivity index (χ3v) is 6.08. The van der Waals surface area contributed by atoms with Crippen molar-refractivity contribution in [3.8, 4) is 17.2 Å². The molecule has 0 unspecified atom stereocenters. The summed E-state index contributed by atoms with van der Waals surface area (Å²) < 4.78 is 17.8. The molecular formula is C20H26N4O5. The van der Waals surface area contributed by atoms with Gasteiger partial charge in [0, 0.05) is 18.7 Å². The van der Waals surface area contributed by atoms with E-state index in [4.69, 9.17) is 14.2 Å². The number of aliphatic hydroxyl groups excluding tert-OH is 1. The zero-order valence-corrected chi connectivity index (χ0v) is 16.8. The topological polar surface area (TPSA) is 98.9 Å². The monoisotopic (exact) mass is 402 g/mol. The Labute approximate surface area is 169 Å². The van der Waals surface area contributed by atoms with Crippen LogP contribution in [0.15, 0.2) is 24.8 Å². The van der Waals surface area contributed by atoms with E-state index in [0.717, 1.165) is 6.42 Å². The van der Waals surface area contributed by atoms with Crippen molar-refractivity contribution in [2.45, 2.75) is 25.0 Å². The highest BCUT2D eigenvalue weighted by Gasteiger charge is 2.44. The van der Waals surface area contributed by atoms with Gasteiger partial charge < -0.3 is 24.2 Å². The number of fused-ring (bicyclic) bond motifs is 1. The quantitative estimate of drug-likeness (QED) is 0.807. The first-order valence-corrected chi connectivity index (χ1v) is 9.67. The summed E-state index contributed by atoms with van der Waals surface area (Å²) in [6, 6.07) is 3.26. The van der Waals surface area contributed by atoms with E-state index in [0.29, 0.717) is 48.2 Å². The highest BCUT2D eigenvalue weighted by molar-refractivity contribution is 5.96. The van der Waals surface area contributed by atoms with Crippen LogP contribution in [-0.4, -0.2) is 71.2 Å². The average Bonchev–Trinajstić information content (AvgIpc) is 3.40. The van der Waals surface area contributed by atoms with Crippen LogP contribution < -0.4 is 14.2 Å². The molecule has 0 radical (unpaired) electrons. The van der Waals surface area contributed by atoms with Gasteiger partial charge in [0.25, 0.3) is 5.91 Å². The van der Waals surface area contributed by atoms with Crippen LogP contribution in [0, 0.1) is 11.8 Å². The normalized spacial score (nSPS) is 26.1. The number of nitrogens with zero attached hydrogens (tertiary/aromatic N) is 4. The van der Waals surface area contributed by atoms with Gasteiger partial charge in [-0.05, 0) is 36.8 Å². The summed E-state index contributed by atoms with van der Waals surface area (Å²) in [4.78, 5) is 19.0. The fraction of sp³-hybridized carbons (Fsp3) is 0.550. The Balaban J connectivity index is 1.53. The Morgan fingerprint density at radius 3 is 2.28 bits per heavy atom. The lowest BCUT2D eigenvalue weighted by Crippen LogP contribution is -2.36. The second-order valence-corrected chi connectivity index (χ2v) is 7.63. The summed E-state index contributed by atoms with van der Waals surface area (Å²) >= 11 is 0. The molecule has 2 heterocycles. The zero-order chi connectivity index (χ0) is 20.5. The molecular weight excluding hydrogens is 376 g/mol. The van der Waals surface area contributed by atoms with E-state index >= 15 is 0 Å². The van der Waals surface area contributed by atoms with Crippen LogP contribution in [0.1, 0.15) is 29.2 Å². The number of hydrogen-bond donors (Lipinski definition) is 1. The van der Waals surface area contributed by atoms with Crippen LogP contribution >= 0.6 is 0 Å². The van der Waals surface area contributed by atoms with Gasteiger partial charge in [0.2, 0.25) is 5.75 Å². The van der Waals surface area contributed by atoms with E-state index in [-0.39, 0.29) is 17.9 Å². The lowest BCUT2D eigenvalue weighted by Gasteiger charge is -2.34. The van der Waals surface area contributed by atoms with Gasteiger partial charge in [-0.1, -0.05) is 0 Å². The molecule has 0 bridgehead atoms. The molecule has 2 aliphatic rings. The number of rotatable bonds is 5. The fourth-order valence-electron chi connectivity index (χ4n) is 4.63. The highest BCUT2D eigenvalue weighted by Crippen LogP contribution is 2.42. The van der Waals surface area contributed by atoms with Crippen molar-refractivity contribution in [1.82, 2.24) is 19.7 Å². The number of benzene rings is 1. The van der Waals surface area contributed by atoms with Crippen molar-refractivity contribution in [2.75, 3.05) is 34.4 Å². The van der Waals surface area contributed by atoms with Crippen LogP contribution in [0.5, 0.6) is 17.2 Å². The van der Waals surface area contributed by atoms with Crippen molar-refractivity contribution < 1.29 is 24.1 Å². The van der Waals surface area contributed by atoms with Crippen LogP contribution in [0.3, 0.4) is 0 Å². The molecule has 4 rings (SSSR count). The van der Waals surface area contributed by atoms with Crippen LogP contribution in [0.25, 0.3) is 0 Å². The van der Waals surface area contributed by atoms with Gasteiger partial charge in [0.05, 0.1) is 33.5 Å². The smallest absolute Gasteiger partial charge is 0.254 e. The van der Waals surface area contributed by atoms with Gasteiger partial charge in [-0.3, -0.25) is 4.79 Å². The van der Waals surface area contributed by atoms with E-state index in [1.807, 2.05) is 4.90 Å². The van der Waals surface area contributed by atoms with Crippen molar-refractivity contribution in [2.24, 2.45) is 11.8 Å². The Kier molecular flexibility index (Phi) is 5.31. The number of aliphatic hydroxyl groups is 1. The summed E-state index contributed by atoms with van der Waals surface area (Å²) in [6.07, 6.45) is 4.05. The molecule has 1 aliphatic carbocycles. The number of methoxy groups -OCH3 is 3. The first-order valence-electron chi connectivity index (χ1n) is 9.67. The van der Waals surface area contributed by atoms with Crippen molar-refractivity contribution in [3.05, 3.63) is 30.4 Å². The molecule has 9 heteroatoms. The van der Waals surface area contributed by atoms with Crippen molar-refractivity contribution >= 4 is 5.91 Å². The van der Waals surface area contributed by atoms with Crippen molar-refractivity contribution in [3.63, 3.8) is 0 Å². The Hall–Kier alpha value is -2.81. The first kappa shape index (κ1) is 19.5. The summed E-state index contributed by atoms with van der Waals surface area (Å²) in [5.74, 6) is 1.88. The van der Waals surface area contributed by atoms with Gasteiger partial charge >= 0.3 is 0 Å². The average molecular weight is 402 g/mol. The van der Waals surface area contributed by atoms with Gasteiger partial charge in [-0.2, -0.15) is 5.10 Å². The number of hydrogen-bond acceptors (Lipinski definition) is 7. The lowest BCUT2D eigenvalue weighted by molar-refractivity contribution is 0.0304. The molecule has 1 saturated carbocycles. The predicted octanol–water partition coefficient (Wildman–Crippen LogP) is 1.39. The summed E-state index contributed by atoms with van der Waals surface area (Å²) in [5.41, 5.74) is 0.492. The van der Waals surface area contributed by atoms with E-state index in [2.05, 4.69) is 10.1 Å². The Bertz CT molecular complexity index is 847. The molecule has 2 aromatic rings. The van der Waals surface area contributed by atoms with E-state index in [1.54, 1.807) is 23.1 Å². The summed E-state index contributed by atoms with van der Waals surface area (Å²) in [6.45, 7) is 1.28. The minimum atomic E-state index is -0.492. The molecule has 1 aliphatic heterocycles. The number of amides is 1. The molecule has 156 valence electrons. The number of carbonyl (C=O) groups is 1. The third-order valence-electron chi connectivity index (χ3n) is 6.08.